The molecule has 0 saturated carbocycles. The van der Waals surface area contributed by atoms with E-state index in [1.165, 1.54) is 31.4 Å². The molecular weight excluding hydrogens is 344 g/mol. The molecule has 1 heterocycles. The molecule has 7 nitrogen and oxygen atoms in total. The Hall–Kier alpha value is -1.93. The Balaban J connectivity index is 2.11. The van der Waals surface area contributed by atoms with Gasteiger partial charge in [-0.15, -0.1) is 0 Å². The van der Waals surface area contributed by atoms with Crippen LogP contribution < -0.4 is 4.72 Å². The van der Waals surface area contributed by atoms with Crippen LogP contribution in [0, 0.1) is 0 Å². The van der Waals surface area contributed by atoms with Gasteiger partial charge in [-0.2, -0.15) is 0 Å². The van der Waals surface area contributed by atoms with Gasteiger partial charge < -0.3 is 9.64 Å². The zero-order chi connectivity index (χ0) is 18.4. The summed E-state index contributed by atoms with van der Waals surface area (Å²) < 4.78 is 32.5. The molecule has 0 bridgehead atoms. The summed E-state index contributed by atoms with van der Waals surface area (Å²) in [4.78, 5) is 25.4. The monoisotopic (exact) mass is 368 g/mol. The third kappa shape index (κ3) is 5.02. The molecule has 0 aromatic heterocycles. The molecule has 2 rings (SSSR count). The summed E-state index contributed by atoms with van der Waals surface area (Å²) in [5.41, 5.74) is 0.176. The van der Waals surface area contributed by atoms with E-state index in [0.717, 1.165) is 6.42 Å². The van der Waals surface area contributed by atoms with E-state index in [1.807, 2.05) is 6.92 Å². The van der Waals surface area contributed by atoms with E-state index in [2.05, 4.69) is 9.46 Å². The summed E-state index contributed by atoms with van der Waals surface area (Å²) in [6, 6.07) is 5.41. The fourth-order valence-corrected chi connectivity index (χ4v) is 4.21. The molecule has 138 valence electrons. The number of sulfonamides is 1. The smallest absolute Gasteiger partial charge is 0.337 e. The van der Waals surface area contributed by atoms with Crippen LogP contribution in [0.3, 0.4) is 0 Å². The van der Waals surface area contributed by atoms with E-state index >= 15 is 0 Å². The van der Waals surface area contributed by atoms with Gasteiger partial charge in [-0.05, 0) is 37.5 Å². The van der Waals surface area contributed by atoms with Crippen LogP contribution in [0.15, 0.2) is 29.2 Å². The summed E-state index contributed by atoms with van der Waals surface area (Å²) in [5.74, 6) is -0.524. The zero-order valence-electron chi connectivity index (χ0n) is 14.5. The van der Waals surface area contributed by atoms with Gasteiger partial charge in [-0.25, -0.2) is 17.9 Å². The first kappa shape index (κ1) is 19.4. The van der Waals surface area contributed by atoms with Crippen molar-refractivity contribution in [2.45, 2.75) is 43.5 Å². The highest BCUT2D eigenvalue weighted by Gasteiger charge is 2.26. The maximum atomic E-state index is 12.6. The minimum atomic E-state index is -3.78. The number of hydrogen-bond donors (Lipinski definition) is 1. The maximum absolute atomic E-state index is 12.6. The third-order valence-electron chi connectivity index (χ3n) is 4.19. The number of benzene rings is 1. The molecule has 8 heteroatoms. The van der Waals surface area contributed by atoms with Crippen molar-refractivity contribution in [1.29, 1.82) is 0 Å². The second-order valence-electron chi connectivity index (χ2n) is 6.05. The Bertz CT molecular complexity index is 732. The number of hydrogen-bond acceptors (Lipinski definition) is 5. The fourth-order valence-electron chi connectivity index (χ4n) is 2.86. The van der Waals surface area contributed by atoms with Gasteiger partial charge in [0.25, 0.3) is 0 Å². The van der Waals surface area contributed by atoms with Crippen molar-refractivity contribution in [3.05, 3.63) is 29.8 Å². The Morgan fingerprint density at radius 1 is 1.36 bits per heavy atom. The van der Waals surface area contributed by atoms with Crippen LogP contribution in [0.25, 0.3) is 0 Å². The zero-order valence-corrected chi connectivity index (χ0v) is 15.3. The number of carbonyl (C=O) groups excluding carboxylic acids is 2. The van der Waals surface area contributed by atoms with E-state index in [9.17, 15) is 18.0 Å². The Labute approximate surface area is 148 Å². The normalized spacial score (nSPS) is 18.7. The minimum absolute atomic E-state index is 0.0105. The summed E-state index contributed by atoms with van der Waals surface area (Å²) in [6.45, 7) is 3.24. The molecule has 1 saturated heterocycles. The van der Waals surface area contributed by atoms with Gasteiger partial charge in [-0.1, -0.05) is 13.0 Å². The lowest BCUT2D eigenvalue weighted by molar-refractivity contribution is -0.130. The highest BCUT2D eigenvalue weighted by Crippen LogP contribution is 2.17. The molecule has 1 aromatic rings. The van der Waals surface area contributed by atoms with Crippen LogP contribution in [-0.2, 0) is 19.6 Å². The molecule has 1 N–H and O–H groups in total. The highest BCUT2D eigenvalue weighted by atomic mass is 32.2. The van der Waals surface area contributed by atoms with Crippen molar-refractivity contribution in [1.82, 2.24) is 9.62 Å². The highest BCUT2D eigenvalue weighted by molar-refractivity contribution is 7.89. The van der Waals surface area contributed by atoms with Crippen molar-refractivity contribution in [3.8, 4) is 0 Å². The Morgan fingerprint density at radius 2 is 2.12 bits per heavy atom. The van der Waals surface area contributed by atoms with E-state index < -0.39 is 16.0 Å². The number of methoxy groups -OCH3 is 1. The molecule has 1 atom stereocenters. The van der Waals surface area contributed by atoms with Crippen LogP contribution in [0.4, 0.5) is 0 Å². The quantitative estimate of drug-likeness (QED) is 0.769. The molecule has 0 spiro atoms. The van der Waals surface area contributed by atoms with Gasteiger partial charge >= 0.3 is 5.97 Å². The molecule has 0 aliphatic carbocycles. The van der Waals surface area contributed by atoms with E-state index in [1.54, 1.807) is 4.90 Å². The average Bonchev–Trinajstić information content (AvgIpc) is 2.77. The number of rotatable bonds is 6. The number of esters is 1. The molecular formula is C17H24N2O5S. The molecule has 1 aromatic carbocycles. The van der Waals surface area contributed by atoms with Crippen LogP contribution in [-0.4, -0.2) is 51.4 Å². The SMILES string of the molecule is CCCN1CCC(NS(=O)(=O)c2cccc(C(=O)OC)c2)CCC1=O. The predicted molar refractivity (Wildman–Crippen MR) is 92.6 cm³/mol. The van der Waals surface area contributed by atoms with Crippen LogP contribution in [0.2, 0.25) is 0 Å². The molecule has 1 fully saturated rings. The number of nitrogens with zero attached hydrogens (tertiary/aromatic N) is 1. The lowest BCUT2D eigenvalue weighted by atomic mass is 10.1. The van der Waals surface area contributed by atoms with Gasteiger partial charge in [0.05, 0.1) is 17.6 Å². The molecule has 1 amide bonds. The van der Waals surface area contributed by atoms with Crippen molar-refractivity contribution < 1.29 is 22.7 Å². The van der Waals surface area contributed by atoms with Crippen molar-refractivity contribution in [2.24, 2.45) is 0 Å². The van der Waals surface area contributed by atoms with Gasteiger partial charge in [0.1, 0.15) is 0 Å². The molecule has 1 unspecified atom stereocenters. The topological polar surface area (TPSA) is 92.8 Å². The Kier molecular flexibility index (Phi) is 6.55. The summed E-state index contributed by atoms with van der Waals surface area (Å²) in [5, 5.41) is 0. The van der Waals surface area contributed by atoms with E-state index in [0.29, 0.717) is 32.4 Å². The first-order valence-electron chi connectivity index (χ1n) is 8.36. The standard InChI is InChI=1S/C17H24N2O5S/c1-3-10-19-11-9-14(7-8-16(19)20)18-25(22,23)15-6-4-5-13(12-15)17(21)24-2/h4-6,12,14,18H,3,7-11H2,1-2H3. The lowest BCUT2D eigenvalue weighted by Crippen LogP contribution is -2.36. The van der Waals surface area contributed by atoms with Crippen LogP contribution in [0.1, 0.15) is 43.0 Å². The van der Waals surface area contributed by atoms with E-state index in [-0.39, 0.29) is 22.4 Å². The molecule has 25 heavy (non-hydrogen) atoms. The summed E-state index contributed by atoms with van der Waals surface area (Å²) in [7, 11) is -2.53. The van der Waals surface area contributed by atoms with Crippen molar-refractivity contribution in [3.63, 3.8) is 0 Å². The van der Waals surface area contributed by atoms with Crippen LogP contribution >= 0.6 is 0 Å². The third-order valence-corrected chi connectivity index (χ3v) is 5.71. The number of likely N-dealkylation sites (tertiary alicyclic amines) is 1. The summed E-state index contributed by atoms with van der Waals surface area (Å²) >= 11 is 0. The molecule has 1 aliphatic heterocycles. The Morgan fingerprint density at radius 3 is 2.80 bits per heavy atom. The number of nitrogens with one attached hydrogen (secondary N) is 1. The van der Waals surface area contributed by atoms with Gasteiger partial charge in [0, 0.05) is 25.6 Å². The van der Waals surface area contributed by atoms with Gasteiger partial charge in [0.15, 0.2) is 0 Å². The average molecular weight is 368 g/mol. The number of ether oxygens (including phenoxy) is 1. The molecule has 0 radical (unpaired) electrons. The van der Waals surface area contributed by atoms with Gasteiger partial charge in [-0.3, -0.25) is 4.79 Å². The maximum Gasteiger partial charge on any atom is 0.337 e. The van der Waals surface area contributed by atoms with E-state index in [4.69, 9.17) is 0 Å². The van der Waals surface area contributed by atoms with Crippen molar-refractivity contribution in [2.75, 3.05) is 20.2 Å². The minimum Gasteiger partial charge on any atom is -0.465 e. The van der Waals surface area contributed by atoms with Crippen molar-refractivity contribution >= 4 is 21.9 Å². The fraction of sp³-hybridized carbons (Fsp3) is 0.529. The first-order chi connectivity index (χ1) is 11.9. The second-order valence-corrected chi connectivity index (χ2v) is 7.76. The largest absolute Gasteiger partial charge is 0.465 e. The molecule has 1 aliphatic rings. The lowest BCUT2D eigenvalue weighted by Gasteiger charge is -2.20. The number of carbonyl (C=O) groups is 2. The van der Waals surface area contributed by atoms with Gasteiger partial charge in [0.2, 0.25) is 15.9 Å². The van der Waals surface area contributed by atoms with Crippen LogP contribution in [0.5, 0.6) is 0 Å². The first-order valence-corrected chi connectivity index (χ1v) is 9.84. The second kappa shape index (κ2) is 8.44. The number of amides is 1. The predicted octanol–water partition coefficient (Wildman–Crippen LogP) is 1.54. The summed E-state index contributed by atoms with van der Waals surface area (Å²) in [6.07, 6.45) is 2.24.